The fourth-order valence-corrected chi connectivity index (χ4v) is 2.04. The lowest BCUT2D eigenvalue weighted by molar-refractivity contribution is -0.115. The summed E-state index contributed by atoms with van der Waals surface area (Å²) in [6.45, 7) is 6.08. The van der Waals surface area contributed by atoms with Crippen LogP contribution in [-0.2, 0) is 4.79 Å². The molecule has 0 aromatic rings. The van der Waals surface area contributed by atoms with E-state index in [1.807, 2.05) is 0 Å². The first-order valence-electron chi connectivity index (χ1n) is 4.85. The molecule has 0 atom stereocenters. The van der Waals surface area contributed by atoms with Gasteiger partial charge in [-0.15, -0.1) is 0 Å². The Balaban J connectivity index is 2.55. The van der Waals surface area contributed by atoms with Crippen molar-refractivity contribution in [3.8, 4) is 0 Å². The minimum Gasteiger partial charge on any atom is -0.303 e. The molecule has 0 amide bonds. The van der Waals surface area contributed by atoms with E-state index in [9.17, 15) is 4.79 Å². The first-order chi connectivity index (χ1) is 5.72. The fraction of sp³-hybridized carbons (Fsp3) is 0.727. The summed E-state index contributed by atoms with van der Waals surface area (Å²) >= 11 is 0. The minimum atomic E-state index is -0.0207. The van der Waals surface area contributed by atoms with Gasteiger partial charge in [-0.3, -0.25) is 0 Å². The largest absolute Gasteiger partial charge is 0.303 e. The van der Waals surface area contributed by atoms with E-state index in [0.29, 0.717) is 0 Å². The van der Waals surface area contributed by atoms with Gasteiger partial charge in [-0.2, -0.15) is 0 Å². The molecule has 1 rings (SSSR count). The van der Waals surface area contributed by atoms with Crippen LogP contribution in [0.3, 0.4) is 0 Å². The molecule has 68 valence electrons. The molecule has 1 aliphatic carbocycles. The summed E-state index contributed by atoms with van der Waals surface area (Å²) in [5, 5.41) is 0. The van der Waals surface area contributed by atoms with Crippen LogP contribution in [0.25, 0.3) is 0 Å². The van der Waals surface area contributed by atoms with Crippen molar-refractivity contribution in [3.63, 3.8) is 0 Å². The van der Waals surface area contributed by atoms with E-state index < -0.39 is 0 Å². The predicted molar refractivity (Wildman–Crippen MR) is 51.0 cm³/mol. The zero-order valence-corrected chi connectivity index (χ0v) is 7.94. The molecule has 0 aliphatic heterocycles. The number of carbonyl (C=O) groups is 1. The second-order valence-corrected chi connectivity index (χ2v) is 3.97. The maximum Gasteiger partial charge on any atom is 0.126 e. The predicted octanol–water partition coefficient (Wildman–Crippen LogP) is 3.10. The summed E-state index contributed by atoms with van der Waals surface area (Å²) in [5.41, 5.74) is 1.21. The highest BCUT2D eigenvalue weighted by molar-refractivity contribution is 5.60. The Morgan fingerprint density at radius 3 is 2.50 bits per heavy atom. The third-order valence-corrected chi connectivity index (χ3v) is 2.95. The van der Waals surface area contributed by atoms with Crippen LogP contribution in [0.5, 0.6) is 0 Å². The Morgan fingerprint density at radius 2 is 2.08 bits per heavy atom. The topological polar surface area (TPSA) is 17.1 Å². The standard InChI is InChI=1S/C11H18O/c1-3-10(2)8-11(9-12)6-4-5-7-11/h9H,2-8H2,1H3. The lowest BCUT2D eigenvalue weighted by atomic mass is 9.81. The zero-order valence-electron chi connectivity index (χ0n) is 7.94. The maximum absolute atomic E-state index is 10.9. The van der Waals surface area contributed by atoms with Crippen molar-refractivity contribution < 1.29 is 4.79 Å². The Hall–Kier alpha value is -0.590. The maximum atomic E-state index is 10.9. The van der Waals surface area contributed by atoms with Crippen molar-refractivity contribution >= 4 is 6.29 Å². The van der Waals surface area contributed by atoms with Gasteiger partial charge in [0.25, 0.3) is 0 Å². The molecular formula is C11H18O. The van der Waals surface area contributed by atoms with Crippen LogP contribution >= 0.6 is 0 Å². The molecular weight excluding hydrogens is 148 g/mol. The van der Waals surface area contributed by atoms with Crippen LogP contribution in [0.2, 0.25) is 0 Å². The Morgan fingerprint density at radius 1 is 1.50 bits per heavy atom. The van der Waals surface area contributed by atoms with Gasteiger partial charge in [0.1, 0.15) is 6.29 Å². The highest BCUT2D eigenvalue weighted by Crippen LogP contribution is 2.41. The number of carbonyl (C=O) groups excluding carboxylic acids is 1. The molecule has 0 saturated heterocycles. The molecule has 0 bridgehead atoms. The quantitative estimate of drug-likeness (QED) is 0.463. The van der Waals surface area contributed by atoms with E-state index >= 15 is 0 Å². The highest BCUT2D eigenvalue weighted by Gasteiger charge is 2.33. The Kier molecular flexibility index (Phi) is 3.07. The number of hydrogen-bond acceptors (Lipinski definition) is 1. The molecule has 0 radical (unpaired) electrons. The molecule has 1 nitrogen and oxygen atoms in total. The van der Waals surface area contributed by atoms with Gasteiger partial charge in [0.15, 0.2) is 0 Å². The van der Waals surface area contributed by atoms with Gasteiger partial charge >= 0.3 is 0 Å². The van der Waals surface area contributed by atoms with Gasteiger partial charge in [0.05, 0.1) is 0 Å². The van der Waals surface area contributed by atoms with Crippen molar-refractivity contribution in [1.29, 1.82) is 0 Å². The summed E-state index contributed by atoms with van der Waals surface area (Å²) in [5.74, 6) is 0. The van der Waals surface area contributed by atoms with Crippen LogP contribution in [0.15, 0.2) is 12.2 Å². The fourth-order valence-electron chi connectivity index (χ4n) is 2.04. The Bertz CT molecular complexity index is 175. The van der Waals surface area contributed by atoms with Crippen LogP contribution in [-0.4, -0.2) is 6.29 Å². The van der Waals surface area contributed by atoms with E-state index in [1.165, 1.54) is 24.7 Å². The van der Waals surface area contributed by atoms with Crippen molar-refractivity contribution in [3.05, 3.63) is 12.2 Å². The molecule has 12 heavy (non-hydrogen) atoms. The summed E-state index contributed by atoms with van der Waals surface area (Å²) in [6.07, 6.45) is 7.69. The van der Waals surface area contributed by atoms with Gasteiger partial charge in [-0.05, 0) is 25.7 Å². The van der Waals surface area contributed by atoms with Crippen LogP contribution in [0.1, 0.15) is 45.4 Å². The molecule has 0 heterocycles. The third kappa shape index (κ3) is 1.96. The molecule has 1 saturated carbocycles. The number of rotatable bonds is 4. The first-order valence-corrected chi connectivity index (χ1v) is 4.85. The highest BCUT2D eigenvalue weighted by atomic mass is 16.1. The van der Waals surface area contributed by atoms with Crippen molar-refractivity contribution in [1.82, 2.24) is 0 Å². The minimum absolute atomic E-state index is 0.0207. The van der Waals surface area contributed by atoms with Gasteiger partial charge < -0.3 is 4.79 Å². The molecule has 1 fully saturated rings. The SMILES string of the molecule is C=C(CC)CC1(C=O)CCCC1. The monoisotopic (exact) mass is 166 g/mol. The van der Waals surface area contributed by atoms with E-state index in [2.05, 4.69) is 13.5 Å². The van der Waals surface area contributed by atoms with Crippen LogP contribution in [0.4, 0.5) is 0 Å². The lowest BCUT2D eigenvalue weighted by Gasteiger charge is -2.22. The van der Waals surface area contributed by atoms with E-state index in [1.54, 1.807) is 0 Å². The van der Waals surface area contributed by atoms with E-state index in [-0.39, 0.29) is 5.41 Å². The summed E-state index contributed by atoms with van der Waals surface area (Å²) in [6, 6.07) is 0. The summed E-state index contributed by atoms with van der Waals surface area (Å²) in [7, 11) is 0. The summed E-state index contributed by atoms with van der Waals surface area (Å²) in [4.78, 5) is 10.9. The normalized spacial score (nSPS) is 20.8. The van der Waals surface area contributed by atoms with Crippen molar-refractivity contribution in [2.45, 2.75) is 45.4 Å². The smallest absolute Gasteiger partial charge is 0.126 e. The lowest BCUT2D eigenvalue weighted by Crippen LogP contribution is -2.18. The molecule has 0 N–H and O–H groups in total. The number of hydrogen-bond donors (Lipinski definition) is 0. The molecule has 1 heteroatoms. The molecule has 0 unspecified atom stereocenters. The molecule has 1 aliphatic rings. The molecule has 0 aromatic carbocycles. The second kappa shape index (κ2) is 3.88. The van der Waals surface area contributed by atoms with Gasteiger partial charge in [-0.25, -0.2) is 0 Å². The number of aldehydes is 1. The van der Waals surface area contributed by atoms with Gasteiger partial charge in [0.2, 0.25) is 0 Å². The van der Waals surface area contributed by atoms with Crippen molar-refractivity contribution in [2.24, 2.45) is 5.41 Å². The first kappa shape index (κ1) is 9.50. The molecule has 0 aromatic heterocycles. The van der Waals surface area contributed by atoms with Gasteiger partial charge in [0, 0.05) is 5.41 Å². The van der Waals surface area contributed by atoms with E-state index in [0.717, 1.165) is 25.7 Å². The van der Waals surface area contributed by atoms with Crippen molar-refractivity contribution in [2.75, 3.05) is 0 Å². The summed E-state index contributed by atoms with van der Waals surface area (Å²) < 4.78 is 0. The third-order valence-electron chi connectivity index (χ3n) is 2.95. The second-order valence-electron chi connectivity index (χ2n) is 3.97. The number of allylic oxidation sites excluding steroid dienone is 1. The zero-order chi connectivity index (χ0) is 9.03. The average molecular weight is 166 g/mol. The van der Waals surface area contributed by atoms with Gasteiger partial charge in [-0.1, -0.05) is 31.9 Å². The van der Waals surface area contributed by atoms with E-state index in [4.69, 9.17) is 0 Å². The Labute approximate surface area is 74.9 Å². The van der Waals surface area contributed by atoms with Crippen LogP contribution < -0.4 is 0 Å². The van der Waals surface area contributed by atoms with Crippen LogP contribution in [0, 0.1) is 5.41 Å². The molecule has 0 spiro atoms. The average Bonchev–Trinajstić information content (AvgIpc) is 2.54.